The van der Waals surface area contributed by atoms with Crippen LogP contribution in [0.3, 0.4) is 0 Å². The minimum Gasteiger partial charge on any atom is -0.461 e. The summed E-state index contributed by atoms with van der Waals surface area (Å²) in [6.07, 6.45) is 1.54. The molecule has 0 N–H and O–H groups in total. The number of rotatable bonds is 3. The van der Waals surface area contributed by atoms with E-state index in [0.717, 1.165) is 0 Å². The molecule has 0 saturated heterocycles. The monoisotopic (exact) mass is 199 g/mol. The standard InChI is InChI=1S/C9H10ClNO2/c1-2-13-9(12)8-7(6-10)4-3-5-11-8/h3-5H,2,6H2,1H3. The van der Waals surface area contributed by atoms with Crippen molar-refractivity contribution >= 4 is 17.6 Å². The molecule has 0 bridgehead atoms. The van der Waals surface area contributed by atoms with Crippen LogP contribution in [0, 0.1) is 0 Å². The average Bonchev–Trinajstić information content (AvgIpc) is 2.18. The molecule has 70 valence electrons. The van der Waals surface area contributed by atoms with Crippen LogP contribution >= 0.6 is 11.6 Å². The van der Waals surface area contributed by atoms with Crippen molar-refractivity contribution in [2.75, 3.05) is 6.61 Å². The largest absolute Gasteiger partial charge is 0.461 e. The second kappa shape index (κ2) is 4.82. The number of hydrogen-bond donors (Lipinski definition) is 0. The van der Waals surface area contributed by atoms with Crippen molar-refractivity contribution in [2.45, 2.75) is 12.8 Å². The minimum atomic E-state index is -0.418. The zero-order valence-electron chi connectivity index (χ0n) is 7.29. The van der Waals surface area contributed by atoms with Gasteiger partial charge in [-0.1, -0.05) is 6.07 Å². The molecule has 0 fully saturated rings. The molecule has 1 heterocycles. The molecule has 0 spiro atoms. The van der Waals surface area contributed by atoms with E-state index in [9.17, 15) is 4.79 Å². The topological polar surface area (TPSA) is 39.2 Å². The molecule has 1 rings (SSSR count). The number of halogens is 1. The normalized spacial score (nSPS) is 9.69. The Labute approximate surface area is 81.7 Å². The molecule has 0 aliphatic heterocycles. The number of esters is 1. The van der Waals surface area contributed by atoms with Gasteiger partial charge in [-0.3, -0.25) is 0 Å². The van der Waals surface area contributed by atoms with Gasteiger partial charge in [-0.05, 0) is 13.0 Å². The van der Waals surface area contributed by atoms with E-state index in [1.807, 2.05) is 0 Å². The van der Waals surface area contributed by atoms with Crippen LogP contribution in [0.25, 0.3) is 0 Å². The Morgan fingerprint density at radius 1 is 1.69 bits per heavy atom. The molecular weight excluding hydrogens is 190 g/mol. The fourth-order valence-electron chi connectivity index (χ4n) is 0.930. The van der Waals surface area contributed by atoms with Crippen LogP contribution in [-0.2, 0) is 10.6 Å². The summed E-state index contributed by atoms with van der Waals surface area (Å²) in [4.78, 5) is 15.2. The lowest BCUT2D eigenvalue weighted by atomic mass is 10.2. The molecular formula is C9H10ClNO2. The van der Waals surface area contributed by atoms with Gasteiger partial charge in [-0.25, -0.2) is 9.78 Å². The first-order chi connectivity index (χ1) is 6.29. The molecule has 0 radical (unpaired) electrons. The van der Waals surface area contributed by atoms with Gasteiger partial charge >= 0.3 is 5.97 Å². The Hall–Kier alpha value is -1.09. The highest BCUT2D eigenvalue weighted by atomic mass is 35.5. The first-order valence-corrected chi connectivity index (χ1v) is 4.50. The van der Waals surface area contributed by atoms with Gasteiger partial charge in [-0.2, -0.15) is 0 Å². The van der Waals surface area contributed by atoms with Crippen molar-refractivity contribution < 1.29 is 9.53 Å². The average molecular weight is 200 g/mol. The zero-order valence-corrected chi connectivity index (χ0v) is 8.04. The predicted molar refractivity (Wildman–Crippen MR) is 49.8 cm³/mol. The molecule has 0 aliphatic carbocycles. The zero-order chi connectivity index (χ0) is 9.68. The smallest absolute Gasteiger partial charge is 0.357 e. The maximum atomic E-state index is 11.3. The Kier molecular flexibility index (Phi) is 3.71. The van der Waals surface area contributed by atoms with Crippen molar-refractivity contribution in [1.82, 2.24) is 4.98 Å². The van der Waals surface area contributed by atoms with E-state index in [1.54, 1.807) is 25.3 Å². The lowest BCUT2D eigenvalue weighted by molar-refractivity contribution is 0.0518. The van der Waals surface area contributed by atoms with Crippen LogP contribution in [0.1, 0.15) is 23.0 Å². The van der Waals surface area contributed by atoms with Crippen LogP contribution in [0.4, 0.5) is 0 Å². The van der Waals surface area contributed by atoms with Crippen LogP contribution in [0.15, 0.2) is 18.3 Å². The molecule has 4 heteroatoms. The summed E-state index contributed by atoms with van der Waals surface area (Å²) in [6, 6.07) is 3.49. The maximum absolute atomic E-state index is 11.3. The number of nitrogens with zero attached hydrogens (tertiary/aromatic N) is 1. The van der Waals surface area contributed by atoms with Gasteiger partial charge in [0.05, 0.1) is 6.61 Å². The van der Waals surface area contributed by atoms with Gasteiger partial charge in [0.25, 0.3) is 0 Å². The molecule has 0 saturated carbocycles. The predicted octanol–water partition coefficient (Wildman–Crippen LogP) is 2.00. The van der Waals surface area contributed by atoms with Gasteiger partial charge < -0.3 is 4.74 Å². The van der Waals surface area contributed by atoms with Crippen LogP contribution in [0.2, 0.25) is 0 Å². The van der Waals surface area contributed by atoms with E-state index in [0.29, 0.717) is 17.9 Å². The fraction of sp³-hybridized carbons (Fsp3) is 0.333. The lowest BCUT2D eigenvalue weighted by Crippen LogP contribution is -2.09. The van der Waals surface area contributed by atoms with E-state index in [2.05, 4.69) is 4.98 Å². The number of aromatic nitrogens is 1. The molecule has 0 amide bonds. The molecule has 0 aromatic carbocycles. The number of carbonyl (C=O) groups excluding carboxylic acids is 1. The lowest BCUT2D eigenvalue weighted by Gasteiger charge is -2.03. The van der Waals surface area contributed by atoms with Gasteiger partial charge in [0, 0.05) is 17.6 Å². The highest BCUT2D eigenvalue weighted by molar-refractivity contribution is 6.17. The molecule has 0 aliphatic rings. The third kappa shape index (κ3) is 2.42. The third-order valence-corrected chi connectivity index (χ3v) is 1.79. The summed E-state index contributed by atoms with van der Waals surface area (Å²) in [5.41, 5.74) is 1.00. The maximum Gasteiger partial charge on any atom is 0.357 e. The van der Waals surface area contributed by atoms with Crippen LogP contribution < -0.4 is 0 Å². The molecule has 0 unspecified atom stereocenters. The number of hydrogen-bond acceptors (Lipinski definition) is 3. The highest BCUT2D eigenvalue weighted by Crippen LogP contribution is 2.09. The third-order valence-electron chi connectivity index (χ3n) is 1.50. The first kappa shape index (κ1) is 9.99. The molecule has 1 aromatic heterocycles. The van der Waals surface area contributed by atoms with Gasteiger partial charge in [0.15, 0.2) is 5.69 Å². The minimum absolute atomic E-state index is 0.266. The number of ether oxygens (including phenoxy) is 1. The summed E-state index contributed by atoms with van der Waals surface area (Å²) in [5, 5.41) is 0. The summed E-state index contributed by atoms with van der Waals surface area (Å²) >= 11 is 5.63. The van der Waals surface area contributed by atoms with Crippen molar-refractivity contribution in [3.63, 3.8) is 0 Å². The number of pyridine rings is 1. The Morgan fingerprint density at radius 2 is 2.46 bits per heavy atom. The Bertz CT molecular complexity index is 301. The van der Waals surface area contributed by atoms with Crippen molar-refractivity contribution in [2.24, 2.45) is 0 Å². The van der Waals surface area contributed by atoms with Crippen molar-refractivity contribution in [1.29, 1.82) is 0 Å². The number of carbonyl (C=O) groups is 1. The van der Waals surface area contributed by atoms with E-state index < -0.39 is 5.97 Å². The molecule has 3 nitrogen and oxygen atoms in total. The van der Waals surface area contributed by atoms with E-state index in [-0.39, 0.29) is 5.88 Å². The van der Waals surface area contributed by atoms with Crippen molar-refractivity contribution in [3.8, 4) is 0 Å². The van der Waals surface area contributed by atoms with Crippen LogP contribution in [-0.4, -0.2) is 17.6 Å². The number of alkyl halides is 1. The van der Waals surface area contributed by atoms with E-state index >= 15 is 0 Å². The molecule has 1 aromatic rings. The van der Waals surface area contributed by atoms with E-state index in [4.69, 9.17) is 16.3 Å². The van der Waals surface area contributed by atoms with Crippen molar-refractivity contribution in [3.05, 3.63) is 29.6 Å². The second-order valence-corrected chi connectivity index (χ2v) is 2.63. The molecule has 0 atom stereocenters. The summed E-state index contributed by atoms with van der Waals surface area (Å²) < 4.78 is 4.81. The first-order valence-electron chi connectivity index (χ1n) is 3.96. The van der Waals surface area contributed by atoms with Gasteiger partial charge in [0.2, 0.25) is 0 Å². The van der Waals surface area contributed by atoms with Gasteiger partial charge in [-0.15, -0.1) is 11.6 Å². The fourth-order valence-corrected chi connectivity index (χ4v) is 1.15. The second-order valence-electron chi connectivity index (χ2n) is 2.37. The van der Waals surface area contributed by atoms with Gasteiger partial charge in [0.1, 0.15) is 0 Å². The molecule has 13 heavy (non-hydrogen) atoms. The summed E-state index contributed by atoms with van der Waals surface area (Å²) in [6.45, 7) is 2.10. The SMILES string of the molecule is CCOC(=O)c1ncccc1CCl. The van der Waals surface area contributed by atoms with E-state index in [1.165, 1.54) is 0 Å². The Balaban J connectivity index is 2.92. The quantitative estimate of drug-likeness (QED) is 0.552. The summed E-state index contributed by atoms with van der Waals surface area (Å²) in [7, 11) is 0. The Morgan fingerprint density at radius 3 is 3.08 bits per heavy atom. The van der Waals surface area contributed by atoms with Crippen LogP contribution in [0.5, 0.6) is 0 Å². The highest BCUT2D eigenvalue weighted by Gasteiger charge is 2.12. The summed E-state index contributed by atoms with van der Waals surface area (Å²) in [5.74, 6) is -0.152.